The lowest BCUT2D eigenvalue weighted by Gasteiger charge is -2.11. The van der Waals surface area contributed by atoms with Crippen molar-refractivity contribution in [2.24, 2.45) is 0 Å². The van der Waals surface area contributed by atoms with Crippen LogP contribution in [0.2, 0.25) is 0 Å². The molecule has 0 spiro atoms. The normalized spacial score (nSPS) is 14.6. The Bertz CT molecular complexity index is 709. The van der Waals surface area contributed by atoms with Crippen molar-refractivity contribution >= 4 is 0 Å². The van der Waals surface area contributed by atoms with E-state index in [9.17, 15) is 9.59 Å². The Kier molecular flexibility index (Phi) is 2.85. The fourth-order valence-corrected chi connectivity index (χ4v) is 2.29. The van der Waals surface area contributed by atoms with E-state index >= 15 is 0 Å². The summed E-state index contributed by atoms with van der Waals surface area (Å²) in [5.41, 5.74) is 0.907. The predicted octanol–water partition coefficient (Wildman–Crippen LogP) is 1.90. The molecule has 0 aliphatic heterocycles. The first-order chi connectivity index (χ1) is 9.22. The second kappa shape index (κ2) is 4.53. The summed E-state index contributed by atoms with van der Waals surface area (Å²) in [6.07, 6.45) is 4.42. The van der Waals surface area contributed by atoms with Gasteiger partial charge in [0.15, 0.2) is 0 Å². The Labute approximate surface area is 110 Å². The zero-order valence-corrected chi connectivity index (χ0v) is 10.9. The number of hydrogen-bond donors (Lipinski definition) is 0. The summed E-state index contributed by atoms with van der Waals surface area (Å²) in [7, 11) is 0. The fraction of sp³-hybridized carbons (Fsp3) is 0.333. The number of para-hydroxylation sites is 1. The molecule has 98 valence electrons. The molecule has 1 saturated carbocycles. The Balaban J connectivity index is 2.31. The molecule has 0 radical (unpaired) electrons. The summed E-state index contributed by atoms with van der Waals surface area (Å²) in [6, 6.07) is 9.40. The molecule has 0 N–H and O–H groups in total. The minimum atomic E-state index is -0.226. The molecule has 1 aliphatic carbocycles. The van der Waals surface area contributed by atoms with Gasteiger partial charge < -0.3 is 0 Å². The average Bonchev–Trinajstić information content (AvgIpc) is 3.25. The molecule has 1 fully saturated rings. The van der Waals surface area contributed by atoms with Gasteiger partial charge in [0, 0.05) is 17.8 Å². The van der Waals surface area contributed by atoms with Crippen molar-refractivity contribution in [3.05, 3.63) is 62.9 Å². The van der Waals surface area contributed by atoms with Gasteiger partial charge in [-0.1, -0.05) is 25.1 Å². The van der Waals surface area contributed by atoms with Gasteiger partial charge in [-0.25, -0.2) is 9.36 Å². The third kappa shape index (κ3) is 2.03. The van der Waals surface area contributed by atoms with Crippen LogP contribution in [0.1, 0.15) is 31.4 Å². The van der Waals surface area contributed by atoms with Crippen LogP contribution >= 0.6 is 0 Å². The van der Waals surface area contributed by atoms with E-state index in [-0.39, 0.29) is 17.3 Å². The van der Waals surface area contributed by atoms with E-state index in [4.69, 9.17) is 0 Å². The molecule has 1 aliphatic rings. The Morgan fingerprint density at radius 3 is 2.42 bits per heavy atom. The van der Waals surface area contributed by atoms with Gasteiger partial charge in [0.25, 0.3) is 5.56 Å². The molecule has 1 aromatic carbocycles. The second-order valence-corrected chi connectivity index (χ2v) is 4.91. The van der Waals surface area contributed by atoms with Crippen molar-refractivity contribution < 1.29 is 0 Å². The van der Waals surface area contributed by atoms with Crippen LogP contribution in [0.4, 0.5) is 0 Å². The SMILES string of the molecule is CCc1cn(C2CC2)c(=O)n(-c2ccccc2)c1=O. The first kappa shape index (κ1) is 12.0. The van der Waals surface area contributed by atoms with E-state index in [1.54, 1.807) is 22.9 Å². The molecule has 0 amide bonds. The van der Waals surface area contributed by atoms with E-state index in [2.05, 4.69) is 0 Å². The smallest absolute Gasteiger partial charge is 0.297 e. The topological polar surface area (TPSA) is 44.0 Å². The summed E-state index contributed by atoms with van der Waals surface area (Å²) in [5.74, 6) is 0. The zero-order chi connectivity index (χ0) is 13.4. The van der Waals surface area contributed by atoms with Gasteiger partial charge >= 0.3 is 5.69 Å². The molecule has 4 heteroatoms. The maximum Gasteiger partial charge on any atom is 0.335 e. The number of hydrogen-bond acceptors (Lipinski definition) is 2. The second-order valence-electron chi connectivity index (χ2n) is 4.91. The number of aryl methyl sites for hydroxylation is 1. The van der Waals surface area contributed by atoms with Crippen LogP contribution in [-0.4, -0.2) is 9.13 Å². The van der Waals surface area contributed by atoms with Crippen LogP contribution in [0, 0.1) is 0 Å². The van der Waals surface area contributed by atoms with E-state index in [0.717, 1.165) is 12.8 Å². The number of rotatable bonds is 3. The molecular weight excluding hydrogens is 240 g/mol. The molecule has 1 heterocycles. The van der Waals surface area contributed by atoms with Gasteiger partial charge in [-0.15, -0.1) is 0 Å². The molecule has 0 unspecified atom stereocenters. The summed E-state index contributed by atoms with van der Waals surface area (Å²) < 4.78 is 3.00. The third-order valence-electron chi connectivity index (χ3n) is 3.52. The summed E-state index contributed by atoms with van der Waals surface area (Å²) >= 11 is 0. The van der Waals surface area contributed by atoms with Gasteiger partial charge in [0.05, 0.1) is 5.69 Å². The highest BCUT2D eigenvalue weighted by Crippen LogP contribution is 2.33. The molecule has 4 nitrogen and oxygen atoms in total. The first-order valence-corrected chi connectivity index (χ1v) is 6.65. The van der Waals surface area contributed by atoms with E-state index in [0.29, 0.717) is 17.7 Å². The lowest BCUT2D eigenvalue weighted by atomic mass is 10.2. The molecule has 19 heavy (non-hydrogen) atoms. The molecule has 0 bridgehead atoms. The molecule has 3 rings (SSSR count). The van der Waals surface area contributed by atoms with Crippen molar-refractivity contribution in [1.82, 2.24) is 9.13 Å². The minimum absolute atomic E-state index is 0.199. The van der Waals surface area contributed by atoms with Gasteiger partial charge in [-0.2, -0.15) is 0 Å². The van der Waals surface area contributed by atoms with Crippen LogP contribution in [-0.2, 0) is 6.42 Å². The number of nitrogens with zero attached hydrogens (tertiary/aromatic N) is 2. The quantitative estimate of drug-likeness (QED) is 0.841. The maximum atomic E-state index is 12.5. The third-order valence-corrected chi connectivity index (χ3v) is 3.52. The van der Waals surface area contributed by atoms with Gasteiger partial charge in [-0.3, -0.25) is 9.36 Å². The lowest BCUT2D eigenvalue weighted by Crippen LogP contribution is -2.39. The minimum Gasteiger partial charge on any atom is -0.297 e. The highest BCUT2D eigenvalue weighted by atomic mass is 16.2. The zero-order valence-electron chi connectivity index (χ0n) is 10.9. The average molecular weight is 256 g/mol. The van der Waals surface area contributed by atoms with E-state index < -0.39 is 0 Å². The maximum absolute atomic E-state index is 12.5. The van der Waals surface area contributed by atoms with Gasteiger partial charge in [0.2, 0.25) is 0 Å². The van der Waals surface area contributed by atoms with Crippen molar-refractivity contribution in [2.75, 3.05) is 0 Å². The van der Waals surface area contributed by atoms with Crippen LogP contribution in [0.3, 0.4) is 0 Å². The summed E-state index contributed by atoms with van der Waals surface area (Å²) in [6.45, 7) is 1.94. The highest BCUT2D eigenvalue weighted by molar-refractivity contribution is 5.32. The first-order valence-electron chi connectivity index (χ1n) is 6.65. The Morgan fingerprint density at radius 2 is 1.84 bits per heavy atom. The molecule has 0 atom stereocenters. The van der Waals surface area contributed by atoms with Crippen molar-refractivity contribution in [3.8, 4) is 5.69 Å². The van der Waals surface area contributed by atoms with Gasteiger partial charge in [-0.05, 0) is 31.4 Å². The largest absolute Gasteiger partial charge is 0.335 e. The molecule has 0 saturated heterocycles. The molecule has 1 aromatic heterocycles. The summed E-state index contributed by atoms with van der Waals surface area (Å²) in [4.78, 5) is 24.8. The fourth-order valence-electron chi connectivity index (χ4n) is 2.29. The van der Waals surface area contributed by atoms with Crippen LogP contribution in [0.15, 0.2) is 46.1 Å². The van der Waals surface area contributed by atoms with Crippen LogP contribution in [0.25, 0.3) is 5.69 Å². The standard InChI is InChI=1S/C15H16N2O2/c1-2-11-10-16(12-8-9-12)15(19)17(14(11)18)13-6-4-3-5-7-13/h3-7,10,12H,2,8-9H2,1H3. The van der Waals surface area contributed by atoms with E-state index in [1.807, 2.05) is 25.1 Å². The number of benzene rings is 1. The van der Waals surface area contributed by atoms with Crippen molar-refractivity contribution in [3.63, 3.8) is 0 Å². The van der Waals surface area contributed by atoms with E-state index in [1.165, 1.54) is 4.57 Å². The monoisotopic (exact) mass is 256 g/mol. The van der Waals surface area contributed by atoms with Crippen LogP contribution < -0.4 is 11.2 Å². The van der Waals surface area contributed by atoms with Crippen LogP contribution in [0.5, 0.6) is 0 Å². The lowest BCUT2D eigenvalue weighted by molar-refractivity contribution is 0.635. The van der Waals surface area contributed by atoms with Gasteiger partial charge in [0.1, 0.15) is 0 Å². The molecular formula is C15H16N2O2. The predicted molar refractivity (Wildman–Crippen MR) is 73.9 cm³/mol. The number of aromatic nitrogens is 2. The summed E-state index contributed by atoms with van der Waals surface area (Å²) in [5, 5.41) is 0. The Hall–Kier alpha value is -2.10. The van der Waals surface area contributed by atoms with Crippen molar-refractivity contribution in [1.29, 1.82) is 0 Å². The highest BCUT2D eigenvalue weighted by Gasteiger charge is 2.26. The Morgan fingerprint density at radius 1 is 1.16 bits per heavy atom. The van der Waals surface area contributed by atoms with Crippen molar-refractivity contribution in [2.45, 2.75) is 32.2 Å². The molecule has 2 aromatic rings.